The molecule has 24 aliphatic heterocycles. The molecule has 0 aromatic heterocycles. The summed E-state index contributed by atoms with van der Waals surface area (Å²) in [6, 6.07) is 0. The fourth-order valence-electron chi connectivity index (χ4n) is 15.3. The van der Waals surface area contributed by atoms with Crippen molar-refractivity contribution in [1.29, 1.82) is 0 Å². The predicted octanol–water partition coefficient (Wildman–Crippen LogP) is -22.8. The lowest BCUT2D eigenvalue weighted by Crippen LogP contribution is -2.68. The minimum atomic E-state index is -2.45. The van der Waals surface area contributed by atoms with E-state index >= 15 is 0 Å². The summed E-state index contributed by atoms with van der Waals surface area (Å²) in [7, 11) is 0. The van der Waals surface area contributed by atoms with Crippen LogP contribution in [-0.4, -0.2) is 538 Å². The molecule has 0 unspecified atom stereocenters. The maximum Gasteiger partial charge on any atom is 0.222 e. The van der Waals surface area contributed by atoms with Crippen LogP contribution in [0.1, 0.15) is 12.8 Å². The fourth-order valence-corrected chi connectivity index (χ4v) is 15.3. The molecule has 50 atom stereocenters. The average molecular weight is 1720 g/mol. The van der Waals surface area contributed by atoms with E-state index in [4.69, 9.17) is 90.0 Å². The van der Waals surface area contributed by atoms with Crippen LogP contribution in [0.3, 0.4) is 0 Å². The van der Waals surface area contributed by atoms with Gasteiger partial charge in [-0.1, -0.05) is 0 Å². The normalized spacial score (nSPS) is 52.3. The summed E-state index contributed by atoms with van der Waals surface area (Å²) in [4.78, 5) is 27.7. The summed E-state index contributed by atoms with van der Waals surface area (Å²) in [5.74, 6) is -2.28. The highest BCUT2D eigenvalue weighted by Crippen LogP contribution is 2.41. The van der Waals surface area contributed by atoms with Gasteiger partial charge in [0.05, 0.1) is 59.5 Å². The van der Waals surface area contributed by atoms with Gasteiger partial charge in [0.15, 0.2) is 62.8 Å². The Hall–Kier alpha value is -3.02. The van der Waals surface area contributed by atoms with Crippen LogP contribution in [0.5, 0.6) is 0 Å². The zero-order valence-corrected chi connectivity index (χ0v) is 61.3. The van der Waals surface area contributed by atoms with E-state index in [-0.39, 0.29) is 0 Å². The van der Waals surface area contributed by atoms with Gasteiger partial charge in [0.2, 0.25) is 11.8 Å². The quantitative estimate of drug-likeness (QED) is 0.0571. The minimum Gasteiger partial charge on any atom is -0.394 e. The topological polar surface area (TPSA) is 840 Å². The number of carbonyl (C=O) groups is 2. The van der Waals surface area contributed by atoms with Gasteiger partial charge in [-0.05, 0) is 0 Å². The SMILES string of the molecule is O=C(CCC(=O)N[C@@H]1O[C@H](CO[C@H]2O[C@H](CO)[C@@H](O)[C@H](O)[C@@H]2O)[C@@H](O)[C@H](O[C@H]2O[C@H](CO)[C@@H](O)[C@H](O)[C@@H]2O)[C@@H]1O)NC[C@H]1O[C@@H]2O[C@H]3[C@H](O)[C@@H](O)[C@@H](O[C@H]4[C@H](O)[C@@H](O)[C@@H](O[C@H]5[C@H](O)[C@@H](O)[C@@H](O[C@H]6[C@H](O)[C@@H](O)[C@@H](O[C@H]7[C@H](O)[C@@H](O)[C@@H](O[C@H]8[C@H](O)[C@@H](O)[C@@H](O[C@H]1[C@H](O)[C@H]2O)O[C@@H]8CO)O[C@@H]7CO)O[C@@H]6CO)O[C@@H]5CO)O[C@@H]4CO)O[C@@H]3CO. The van der Waals surface area contributed by atoms with Gasteiger partial charge in [0.1, 0.15) is 244 Å². The molecule has 0 spiro atoms. The van der Waals surface area contributed by atoms with Crippen LogP contribution in [0.2, 0.25) is 0 Å². The zero-order valence-electron chi connectivity index (χ0n) is 61.3. The third-order valence-electron chi connectivity index (χ3n) is 22.1. The van der Waals surface area contributed by atoms with E-state index in [1.54, 1.807) is 0 Å². The molecule has 0 saturated carbocycles. The van der Waals surface area contributed by atoms with Crippen molar-refractivity contribution in [3.8, 4) is 0 Å². The molecule has 14 bridgehead atoms. The van der Waals surface area contributed by atoms with E-state index < -0.39 is 398 Å². The van der Waals surface area contributed by atoms with Gasteiger partial charge in [-0.15, -0.1) is 0 Å². The average Bonchev–Trinajstić information content (AvgIpc) is 0.827. The van der Waals surface area contributed by atoms with Gasteiger partial charge < -0.3 is 254 Å². The zero-order chi connectivity index (χ0) is 85.4. The number of hydrogen-bond acceptors (Lipinski definition) is 51. The molecular weight excluding hydrogens is 1610 g/mol. The molecule has 24 heterocycles. The van der Waals surface area contributed by atoms with E-state index in [1.807, 2.05) is 0 Å². The molecule has 0 aromatic rings. The molecule has 2 amide bonds. The van der Waals surface area contributed by atoms with E-state index in [9.17, 15) is 163 Å². The third kappa shape index (κ3) is 20.0. The second-order valence-corrected chi connectivity index (χ2v) is 29.7. The molecule has 24 fully saturated rings. The van der Waals surface area contributed by atoms with Crippen molar-refractivity contribution < 1.29 is 253 Å². The Morgan fingerprint density at radius 1 is 0.239 bits per heavy atom. The van der Waals surface area contributed by atoms with Gasteiger partial charge >= 0.3 is 0 Å². The highest BCUT2D eigenvalue weighted by Gasteiger charge is 2.61. The Morgan fingerprint density at radius 3 is 0.803 bits per heavy atom. The highest BCUT2D eigenvalue weighted by molar-refractivity contribution is 5.83. The number of hydrogen-bond donors (Lipinski definition) is 32. The number of carbonyl (C=O) groups excluding carboxylic acids is 2. The van der Waals surface area contributed by atoms with E-state index in [0.717, 1.165) is 0 Å². The summed E-state index contributed by atoms with van der Waals surface area (Å²) >= 11 is 0. The molecule has 678 valence electrons. The molecule has 53 heteroatoms. The second-order valence-electron chi connectivity index (χ2n) is 29.7. The maximum absolute atomic E-state index is 13.9. The highest BCUT2D eigenvalue weighted by atomic mass is 16.8. The van der Waals surface area contributed by atoms with Gasteiger partial charge in [-0.25, -0.2) is 0 Å². The molecule has 0 radical (unpaired) electrons. The number of nitrogens with one attached hydrogen (secondary N) is 2. The Balaban J connectivity index is 0.833. The van der Waals surface area contributed by atoms with Gasteiger partial charge in [0.25, 0.3) is 0 Å². The Labute approximate surface area is 659 Å². The summed E-state index contributed by atoms with van der Waals surface area (Å²) in [6.45, 7) is -10.7. The first-order valence-electron chi connectivity index (χ1n) is 37.4. The van der Waals surface area contributed by atoms with Crippen molar-refractivity contribution in [2.24, 2.45) is 0 Å². The molecule has 0 aromatic carbocycles. The Kier molecular flexibility index (Phi) is 33.1. The monoisotopic (exact) mass is 1720 g/mol. The van der Waals surface area contributed by atoms with E-state index in [0.29, 0.717) is 0 Å². The molecule has 53 nitrogen and oxygen atoms in total. The summed E-state index contributed by atoms with van der Waals surface area (Å²) in [5, 5.41) is 337. The summed E-state index contributed by atoms with van der Waals surface area (Å²) < 4.78 is 109. The number of ether oxygens (including phenoxy) is 19. The van der Waals surface area contributed by atoms with Crippen LogP contribution in [0.4, 0.5) is 0 Å². The van der Waals surface area contributed by atoms with E-state index in [1.165, 1.54) is 0 Å². The number of aliphatic hydroxyl groups is 30. The van der Waals surface area contributed by atoms with Crippen molar-refractivity contribution in [1.82, 2.24) is 10.6 Å². The molecule has 24 saturated heterocycles. The van der Waals surface area contributed by atoms with Crippen LogP contribution in [-0.2, 0) is 99.6 Å². The van der Waals surface area contributed by atoms with Gasteiger partial charge in [-0.3, -0.25) is 9.59 Å². The first-order chi connectivity index (χ1) is 55.6. The minimum absolute atomic E-state index is 0.865. The molecule has 24 aliphatic rings. The maximum atomic E-state index is 13.9. The first-order valence-corrected chi connectivity index (χ1v) is 37.4. The van der Waals surface area contributed by atoms with Gasteiger partial charge in [0, 0.05) is 19.4 Å². The van der Waals surface area contributed by atoms with Crippen molar-refractivity contribution in [2.75, 3.05) is 66.0 Å². The number of aliphatic hydroxyl groups excluding tert-OH is 30. The van der Waals surface area contributed by atoms with Crippen molar-refractivity contribution >= 4 is 11.8 Å². The number of rotatable bonds is 19. The second kappa shape index (κ2) is 41.0. The largest absolute Gasteiger partial charge is 0.394 e. The molecule has 0 aliphatic carbocycles. The Bertz CT molecular complexity index is 3070. The smallest absolute Gasteiger partial charge is 0.222 e. The lowest BCUT2D eigenvalue weighted by Gasteiger charge is -2.50. The van der Waals surface area contributed by atoms with Crippen LogP contribution in [0.25, 0.3) is 0 Å². The standard InChI is InChI=1S/C64H106N2O51/c67-4-14-25(77)28(80)37(89)56(102-14)99-12-22-27(79)54(117-57-38(90)29(81)26(78)15(5-68)103-57)46(98)55(100-22)66-24(76)2-1-23(75)65-3-13-47-30(82)39(91)58(101-13)111-48-16(6-69)105-60(41(93)32(48)84)113-50-18(8-71)107-62(43(95)34(50)86)115-52-20(10-73)109-64(45(97)36(52)88)116-53-21(11-74)108-63(44(96)35(53)87)114-51-19(9-72)106-61(42(94)33(51)85)112-49-17(7-70)104-59(110-47)40(92)31(49)83/h13-22,25-64,67-74,77-98H,1-12H2,(H,65,75)(H,66,76)/t13-,14-,15-,16-,17-,18-,19-,20-,21-,22-,25-,26-,27-,28+,29+,30-,31-,32-,33-,34-,35-,36-,37+,38+,39-,40-,41-,42-,43-,44-,45-,46+,47-,48-,49-,50-,51-,52-,53-,54+,55-,56+,57-,58-,59-,60-,61-,62-,63-,64-/m1/s1. The third-order valence-corrected chi connectivity index (χ3v) is 22.1. The Morgan fingerprint density at radius 2 is 0.504 bits per heavy atom. The fraction of sp³-hybridized carbons (Fsp3) is 0.969. The molecular formula is C64H106N2O51. The molecule has 32 N–H and O–H groups in total. The van der Waals surface area contributed by atoms with Crippen molar-refractivity contribution in [2.45, 2.75) is 320 Å². The van der Waals surface area contributed by atoms with Crippen LogP contribution in [0.15, 0.2) is 0 Å². The molecule has 24 rings (SSSR count). The first kappa shape index (κ1) is 94.7. The van der Waals surface area contributed by atoms with Crippen LogP contribution in [0, 0.1) is 0 Å². The summed E-state index contributed by atoms with van der Waals surface area (Å²) in [6.07, 6.45) is -107. The van der Waals surface area contributed by atoms with Gasteiger partial charge in [-0.2, -0.15) is 0 Å². The van der Waals surface area contributed by atoms with E-state index in [2.05, 4.69) is 10.6 Å². The molecule has 117 heavy (non-hydrogen) atoms. The van der Waals surface area contributed by atoms with Crippen LogP contribution >= 0.6 is 0 Å². The van der Waals surface area contributed by atoms with Crippen molar-refractivity contribution in [3.63, 3.8) is 0 Å². The lowest BCUT2D eigenvalue weighted by molar-refractivity contribution is -0.396. The summed E-state index contributed by atoms with van der Waals surface area (Å²) in [5.41, 5.74) is 0. The van der Waals surface area contributed by atoms with Crippen molar-refractivity contribution in [3.05, 3.63) is 0 Å². The lowest BCUT2D eigenvalue weighted by atomic mass is 9.95. The number of amides is 2. The van der Waals surface area contributed by atoms with Crippen LogP contribution < -0.4 is 10.6 Å². The predicted molar refractivity (Wildman–Crippen MR) is 351 cm³/mol.